The first kappa shape index (κ1) is 22.5. The molecular weight excluding hydrogens is 211 g/mol. The smallest absolute Gasteiger partial charge is 0.358 e. The average Bonchev–Trinajstić information content (AvgIpc) is 1.91. The fraction of sp³-hybridized carbons (Fsp3) is 0.300. The van der Waals surface area contributed by atoms with Crippen LogP contribution in [0.3, 0.4) is 0 Å². The molecule has 0 aromatic heterocycles. The van der Waals surface area contributed by atoms with Crippen LogP contribution in [0, 0.1) is 28.4 Å². The second-order valence-electron chi connectivity index (χ2n) is 1.96. The minimum absolute atomic E-state index is 0. The van der Waals surface area contributed by atoms with E-state index in [2.05, 4.69) is 26.0 Å². The van der Waals surface area contributed by atoms with E-state index < -0.39 is 0 Å². The van der Waals surface area contributed by atoms with Crippen LogP contribution in [0.2, 0.25) is 0 Å². The van der Waals surface area contributed by atoms with E-state index in [0.717, 1.165) is 6.42 Å². The quantitative estimate of drug-likeness (QED) is 0.558. The van der Waals surface area contributed by atoms with Gasteiger partial charge in [-0.05, 0) is 0 Å². The van der Waals surface area contributed by atoms with Gasteiger partial charge in [-0.1, -0.05) is 13.3 Å². The van der Waals surface area contributed by atoms with Crippen molar-refractivity contribution in [2.45, 2.75) is 20.3 Å². The van der Waals surface area contributed by atoms with Gasteiger partial charge in [0.1, 0.15) is 0 Å². The fourth-order valence-electron chi connectivity index (χ4n) is 0.634. The van der Waals surface area contributed by atoms with Gasteiger partial charge in [0, 0.05) is 0 Å². The van der Waals surface area contributed by atoms with E-state index >= 15 is 0 Å². The second-order valence-corrected chi connectivity index (χ2v) is 1.96. The molecule has 0 spiro atoms. The average molecular weight is 229 g/mol. The first-order valence-electron chi connectivity index (χ1n) is 2.55. The van der Waals surface area contributed by atoms with Crippen LogP contribution in [-0.2, 0) is 26.2 Å². The van der Waals surface area contributed by atoms with Gasteiger partial charge in [0.15, 0.2) is 0 Å². The number of hydrogen-bond donors (Lipinski definition) is 0. The molecule has 0 fully saturated rings. The van der Waals surface area contributed by atoms with Gasteiger partial charge in [0.05, 0.1) is 0 Å². The Morgan fingerprint density at radius 3 is 1.73 bits per heavy atom. The Morgan fingerprint density at radius 1 is 1.18 bits per heavy atom. The predicted molar refractivity (Wildman–Crippen MR) is 50.0 cm³/mol. The molecule has 0 aromatic rings. The summed E-state index contributed by atoms with van der Waals surface area (Å²) in [6.45, 7) is 4.24. The van der Waals surface area contributed by atoms with Crippen molar-refractivity contribution in [1.82, 2.24) is 0 Å². The molecule has 0 atom stereocenters. The first-order valence-corrected chi connectivity index (χ1v) is 2.55. The van der Waals surface area contributed by atoms with Crippen molar-refractivity contribution in [3.05, 3.63) is 45.6 Å². The molecule has 0 aliphatic heterocycles. The Balaban J connectivity index is -0.0000000612. The maximum absolute atomic E-state index is 3.12. The monoisotopic (exact) mass is 228 g/mol. The van der Waals surface area contributed by atoms with Gasteiger partial charge < -0.3 is 22.3 Å². The summed E-state index contributed by atoms with van der Waals surface area (Å²) in [5, 5.41) is 0. The summed E-state index contributed by atoms with van der Waals surface area (Å²) in [5.74, 6) is 0. The molecule has 0 bridgehead atoms. The molecular formula is C10H18Zr. The fourth-order valence-corrected chi connectivity index (χ4v) is 0.634. The summed E-state index contributed by atoms with van der Waals surface area (Å²) in [5.41, 5.74) is 2.78. The van der Waals surface area contributed by atoms with Gasteiger partial charge in [-0.3, -0.25) is 6.08 Å². The molecule has 1 aliphatic carbocycles. The molecule has 1 aliphatic rings. The summed E-state index contributed by atoms with van der Waals surface area (Å²) < 4.78 is 0. The van der Waals surface area contributed by atoms with Crippen LogP contribution in [0.5, 0.6) is 0 Å². The molecule has 0 saturated carbocycles. The van der Waals surface area contributed by atoms with Crippen LogP contribution in [-0.4, -0.2) is 0 Å². The summed E-state index contributed by atoms with van der Waals surface area (Å²) in [4.78, 5) is 0. The van der Waals surface area contributed by atoms with Gasteiger partial charge in [-0.25, -0.2) is 11.1 Å². The van der Waals surface area contributed by atoms with Crippen molar-refractivity contribution >= 4 is 0 Å². The predicted octanol–water partition coefficient (Wildman–Crippen LogP) is 3.43. The van der Waals surface area contributed by atoms with Crippen molar-refractivity contribution in [2.75, 3.05) is 0 Å². The summed E-state index contributed by atoms with van der Waals surface area (Å²) in [6.07, 6.45) is 6.31. The van der Waals surface area contributed by atoms with E-state index in [1.807, 2.05) is 0 Å². The Labute approximate surface area is 91.9 Å². The summed E-state index contributed by atoms with van der Waals surface area (Å²) in [7, 11) is 0. The van der Waals surface area contributed by atoms with Crippen molar-refractivity contribution in [2.24, 2.45) is 0 Å². The summed E-state index contributed by atoms with van der Waals surface area (Å²) >= 11 is 0. The maximum Gasteiger partial charge on any atom is 4.00 e. The van der Waals surface area contributed by atoms with Gasteiger partial charge in [0.25, 0.3) is 0 Å². The molecule has 11 heavy (non-hydrogen) atoms. The molecule has 0 saturated heterocycles. The first-order chi connectivity index (χ1) is 3.30. The summed E-state index contributed by atoms with van der Waals surface area (Å²) in [6, 6.07) is 0. The van der Waals surface area contributed by atoms with Crippen molar-refractivity contribution < 1.29 is 26.2 Å². The van der Waals surface area contributed by atoms with Crippen molar-refractivity contribution in [3.63, 3.8) is 0 Å². The third kappa shape index (κ3) is 6.75. The number of allylic oxidation sites excluding steroid dienone is 4. The zero-order chi connectivity index (χ0) is 5.28. The van der Waals surface area contributed by atoms with Gasteiger partial charge in [-0.2, -0.15) is 6.08 Å². The molecule has 0 nitrogen and oxygen atoms in total. The zero-order valence-corrected chi connectivity index (χ0v) is 10.7. The van der Waals surface area contributed by atoms with Crippen LogP contribution in [0.25, 0.3) is 0 Å². The molecule has 1 heteroatoms. The van der Waals surface area contributed by atoms with E-state index in [-0.39, 0.29) is 48.5 Å². The third-order valence-corrected chi connectivity index (χ3v) is 1.37. The minimum atomic E-state index is 0. The van der Waals surface area contributed by atoms with E-state index in [1.165, 1.54) is 11.1 Å². The Kier molecular flexibility index (Phi) is 21.2. The van der Waals surface area contributed by atoms with Crippen LogP contribution in [0.15, 0.2) is 17.2 Å². The molecule has 0 radical (unpaired) electrons. The van der Waals surface area contributed by atoms with Crippen LogP contribution >= 0.6 is 0 Å². The Morgan fingerprint density at radius 2 is 1.64 bits per heavy atom. The second kappa shape index (κ2) is 10.4. The molecule has 0 aromatic carbocycles. The molecule has 62 valence electrons. The molecule has 0 amide bonds. The third-order valence-electron chi connectivity index (χ3n) is 1.37. The van der Waals surface area contributed by atoms with Gasteiger partial charge in [0.2, 0.25) is 0 Å². The topological polar surface area (TPSA) is 0 Å². The van der Waals surface area contributed by atoms with Crippen LogP contribution in [0.4, 0.5) is 0 Å². The molecule has 0 heterocycles. The minimum Gasteiger partial charge on any atom is -0.358 e. The molecule has 0 N–H and O–H groups in total. The van der Waals surface area contributed by atoms with Crippen LogP contribution < -0.4 is 0 Å². The normalized spacial score (nSPS) is 12.2. The standard InChI is InChI=1S/C7H9.3CH3.Zr/c1-6-4-3-5-7(6)2;;;;/h3H,4H2,1-2H3;3*1H3;/q4*-1;+4. The van der Waals surface area contributed by atoms with E-state index in [1.54, 1.807) is 0 Å². The van der Waals surface area contributed by atoms with E-state index in [9.17, 15) is 0 Å². The molecule has 0 unspecified atom stereocenters. The van der Waals surface area contributed by atoms with Gasteiger partial charge >= 0.3 is 26.2 Å². The Hall–Kier alpha value is 0.363. The largest absolute Gasteiger partial charge is 4.00 e. The molecule has 1 rings (SSSR count). The number of hydrogen-bond acceptors (Lipinski definition) is 0. The van der Waals surface area contributed by atoms with Crippen molar-refractivity contribution in [1.29, 1.82) is 0 Å². The van der Waals surface area contributed by atoms with Crippen LogP contribution in [0.1, 0.15) is 20.3 Å². The van der Waals surface area contributed by atoms with E-state index in [0.29, 0.717) is 0 Å². The number of rotatable bonds is 0. The zero-order valence-electron chi connectivity index (χ0n) is 8.28. The Bertz CT molecular complexity index is 132. The van der Waals surface area contributed by atoms with Crippen molar-refractivity contribution in [3.8, 4) is 0 Å². The van der Waals surface area contributed by atoms with E-state index in [4.69, 9.17) is 0 Å². The maximum atomic E-state index is 3.12. The SMILES string of the molecule is CC1=C(C)CC=[C-]1.[CH3-].[CH3-].[CH3-].[Zr+4]. The van der Waals surface area contributed by atoms with Gasteiger partial charge in [-0.15, -0.1) is 6.92 Å².